The Balaban J connectivity index is 2.00. The maximum Gasteiger partial charge on any atom is 0.348 e. The van der Waals surface area contributed by atoms with Crippen LogP contribution in [0, 0.1) is 16.0 Å². The highest BCUT2D eigenvalue weighted by molar-refractivity contribution is 7.20. The molecule has 0 saturated carbocycles. The highest BCUT2D eigenvalue weighted by atomic mass is 32.1. The van der Waals surface area contributed by atoms with Crippen LogP contribution < -0.4 is 5.73 Å². The minimum atomic E-state index is -0.511. The molecule has 2 aromatic rings. The number of rotatable bonds is 12. The lowest BCUT2D eigenvalue weighted by atomic mass is 9.96. The van der Waals surface area contributed by atoms with Gasteiger partial charge in [0.1, 0.15) is 10.6 Å². The Hall–Kier alpha value is -2.15. The van der Waals surface area contributed by atoms with Gasteiger partial charge in [0.15, 0.2) is 0 Å². The van der Waals surface area contributed by atoms with Crippen LogP contribution in [0.1, 0.15) is 74.9 Å². The third kappa shape index (κ3) is 6.19. The van der Waals surface area contributed by atoms with E-state index in [4.69, 9.17) is 10.5 Å². The highest BCUT2D eigenvalue weighted by Gasteiger charge is 2.19. The number of anilines is 1. The first kappa shape index (κ1) is 22.1. The van der Waals surface area contributed by atoms with Gasteiger partial charge in [-0.1, -0.05) is 52.4 Å². The van der Waals surface area contributed by atoms with Crippen LogP contribution in [0.2, 0.25) is 0 Å². The summed E-state index contributed by atoms with van der Waals surface area (Å²) >= 11 is 1.21. The zero-order valence-electron chi connectivity index (χ0n) is 16.7. The molecule has 0 amide bonds. The van der Waals surface area contributed by atoms with Gasteiger partial charge in [0.25, 0.3) is 5.69 Å². The van der Waals surface area contributed by atoms with E-state index >= 15 is 0 Å². The molecular weight excluding hydrogens is 376 g/mol. The minimum Gasteiger partial charge on any atom is -0.461 e. The van der Waals surface area contributed by atoms with Crippen molar-refractivity contribution in [3.05, 3.63) is 33.2 Å². The van der Waals surface area contributed by atoms with Crippen molar-refractivity contribution in [2.45, 2.75) is 65.2 Å². The van der Waals surface area contributed by atoms with Crippen LogP contribution in [0.4, 0.5) is 11.4 Å². The monoisotopic (exact) mass is 406 g/mol. The number of fused-ring (bicyclic) bond motifs is 1. The Morgan fingerprint density at radius 1 is 1.14 bits per heavy atom. The summed E-state index contributed by atoms with van der Waals surface area (Å²) in [7, 11) is 0. The first-order valence-electron chi connectivity index (χ1n) is 10.1. The molecule has 0 radical (unpaired) electrons. The molecular formula is C21H30N2O4S. The van der Waals surface area contributed by atoms with E-state index in [0.717, 1.165) is 31.1 Å². The van der Waals surface area contributed by atoms with Crippen LogP contribution >= 0.6 is 11.3 Å². The molecule has 6 nitrogen and oxygen atoms in total. The second-order valence-electron chi connectivity index (χ2n) is 7.27. The van der Waals surface area contributed by atoms with E-state index in [1.165, 1.54) is 43.1 Å². The van der Waals surface area contributed by atoms with Gasteiger partial charge in [-0.3, -0.25) is 10.1 Å². The van der Waals surface area contributed by atoms with Crippen molar-refractivity contribution >= 4 is 38.8 Å². The van der Waals surface area contributed by atoms with Gasteiger partial charge in [-0.25, -0.2) is 4.79 Å². The van der Waals surface area contributed by atoms with Gasteiger partial charge in [0, 0.05) is 10.8 Å². The average molecular weight is 407 g/mol. The maximum absolute atomic E-state index is 12.5. The Labute approximate surface area is 170 Å². The molecule has 1 aromatic carbocycles. The molecule has 1 aromatic heterocycles. The van der Waals surface area contributed by atoms with Crippen LogP contribution in [-0.4, -0.2) is 17.5 Å². The Bertz CT molecular complexity index is 803. The van der Waals surface area contributed by atoms with Gasteiger partial charge in [-0.15, -0.1) is 11.3 Å². The molecule has 2 rings (SSSR count). The number of unbranched alkanes of at least 4 members (excludes halogenated alkanes) is 4. The van der Waals surface area contributed by atoms with Crippen LogP contribution in [-0.2, 0) is 4.74 Å². The Morgan fingerprint density at radius 2 is 1.86 bits per heavy atom. The second-order valence-corrected chi connectivity index (χ2v) is 8.36. The number of thiophene rings is 1. The number of esters is 1. The SMILES string of the molecule is CCCCCCC(CCCC)COC(=O)c1cc2cc(N)c([N+](=O)[O-])cc2s1. The molecule has 28 heavy (non-hydrogen) atoms. The number of ether oxygens (including phenoxy) is 1. The van der Waals surface area contributed by atoms with E-state index < -0.39 is 4.92 Å². The summed E-state index contributed by atoms with van der Waals surface area (Å²) in [4.78, 5) is 23.5. The average Bonchev–Trinajstić information content (AvgIpc) is 3.08. The maximum atomic E-state index is 12.5. The number of nitrogen functional groups attached to an aromatic ring is 1. The molecule has 0 aliphatic heterocycles. The molecule has 2 N–H and O–H groups in total. The molecule has 0 spiro atoms. The van der Waals surface area contributed by atoms with Crippen molar-refractivity contribution in [1.82, 2.24) is 0 Å². The van der Waals surface area contributed by atoms with Gasteiger partial charge in [-0.2, -0.15) is 0 Å². The fraction of sp³-hybridized carbons (Fsp3) is 0.571. The van der Waals surface area contributed by atoms with E-state index in [2.05, 4.69) is 13.8 Å². The zero-order valence-corrected chi connectivity index (χ0v) is 17.6. The van der Waals surface area contributed by atoms with Crippen molar-refractivity contribution in [3.63, 3.8) is 0 Å². The molecule has 1 atom stereocenters. The van der Waals surface area contributed by atoms with Crippen molar-refractivity contribution in [2.24, 2.45) is 5.92 Å². The summed E-state index contributed by atoms with van der Waals surface area (Å²) in [5.74, 6) is 0.0318. The van der Waals surface area contributed by atoms with Crippen LogP contribution in [0.3, 0.4) is 0 Å². The van der Waals surface area contributed by atoms with Crippen LogP contribution in [0.15, 0.2) is 18.2 Å². The number of carbonyl (C=O) groups excluding carboxylic acids is 1. The highest BCUT2D eigenvalue weighted by Crippen LogP contribution is 2.33. The van der Waals surface area contributed by atoms with Crippen molar-refractivity contribution in [2.75, 3.05) is 12.3 Å². The number of hydrogen-bond donors (Lipinski definition) is 1. The largest absolute Gasteiger partial charge is 0.461 e. The number of carbonyl (C=O) groups is 1. The number of benzene rings is 1. The summed E-state index contributed by atoms with van der Waals surface area (Å²) < 4.78 is 6.25. The lowest BCUT2D eigenvalue weighted by Crippen LogP contribution is -2.14. The predicted octanol–water partition coefficient (Wildman–Crippen LogP) is 6.33. The van der Waals surface area contributed by atoms with Gasteiger partial charge in [-0.05, 0) is 36.3 Å². The van der Waals surface area contributed by atoms with Crippen LogP contribution in [0.5, 0.6) is 0 Å². The normalized spacial score (nSPS) is 12.2. The number of nitro benzene ring substituents is 1. The first-order chi connectivity index (χ1) is 13.5. The van der Waals surface area contributed by atoms with E-state index in [0.29, 0.717) is 22.1 Å². The molecule has 1 unspecified atom stereocenters. The Kier molecular flexibility index (Phi) is 8.70. The van der Waals surface area contributed by atoms with Crippen molar-refractivity contribution < 1.29 is 14.5 Å². The first-order valence-corrected chi connectivity index (χ1v) is 10.9. The fourth-order valence-electron chi connectivity index (χ4n) is 3.28. The number of hydrogen-bond acceptors (Lipinski definition) is 6. The third-order valence-corrected chi connectivity index (χ3v) is 6.02. The van der Waals surface area contributed by atoms with Gasteiger partial charge >= 0.3 is 5.97 Å². The predicted molar refractivity (Wildman–Crippen MR) is 115 cm³/mol. The Morgan fingerprint density at radius 3 is 2.54 bits per heavy atom. The molecule has 0 saturated heterocycles. The molecule has 0 aliphatic carbocycles. The summed E-state index contributed by atoms with van der Waals surface area (Å²) in [6.45, 7) is 4.80. The minimum absolute atomic E-state index is 0.0990. The molecule has 7 heteroatoms. The van der Waals surface area contributed by atoms with E-state index in [9.17, 15) is 14.9 Å². The fourth-order valence-corrected chi connectivity index (χ4v) is 4.25. The number of nitrogens with two attached hydrogens (primary N) is 1. The number of nitrogens with zero attached hydrogens (tertiary/aromatic N) is 1. The van der Waals surface area contributed by atoms with E-state index in [-0.39, 0.29) is 17.3 Å². The van der Waals surface area contributed by atoms with E-state index in [1.54, 1.807) is 12.1 Å². The summed E-state index contributed by atoms with van der Waals surface area (Å²) in [6, 6.07) is 4.66. The zero-order chi connectivity index (χ0) is 20.5. The van der Waals surface area contributed by atoms with Gasteiger partial charge in [0.2, 0.25) is 0 Å². The lowest BCUT2D eigenvalue weighted by molar-refractivity contribution is -0.383. The second kappa shape index (κ2) is 11.0. The molecule has 0 fully saturated rings. The molecule has 0 aliphatic rings. The van der Waals surface area contributed by atoms with Crippen molar-refractivity contribution in [1.29, 1.82) is 0 Å². The lowest BCUT2D eigenvalue weighted by Gasteiger charge is -2.16. The van der Waals surface area contributed by atoms with Gasteiger partial charge < -0.3 is 10.5 Å². The third-order valence-electron chi connectivity index (χ3n) is 4.95. The van der Waals surface area contributed by atoms with Crippen LogP contribution in [0.25, 0.3) is 10.1 Å². The molecule has 154 valence electrons. The topological polar surface area (TPSA) is 95.5 Å². The summed E-state index contributed by atoms with van der Waals surface area (Å²) in [6.07, 6.45) is 9.29. The van der Waals surface area contributed by atoms with E-state index in [1.807, 2.05) is 0 Å². The molecule has 0 bridgehead atoms. The smallest absolute Gasteiger partial charge is 0.348 e. The standard InChI is InChI=1S/C21H30N2O4S/c1-3-5-7-8-10-15(9-6-4-2)14-27-21(24)20-12-16-11-17(22)18(23(25)26)13-19(16)28-20/h11-13,15H,3-10,14,22H2,1-2H3. The summed E-state index contributed by atoms with van der Waals surface area (Å²) in [5.41, 5.74) is 5.69. The number of nitro groups is 1. The van der Waals surface area contributed by atoms with Crippen molar-refractivity contribution in [3.8, 4) is 0 Å². The molecule has 1 heterocycles. The quantitative estimate of drug-likeness (QED) is 0.146. The summed E-state index contributed by atoms with van der Waals surface area (Å²) in [5, 5.41) is 11.8. The van der Waals surface area contributed by atoms with Gasteiger partial charge in [0.05, 0.1) is 11.5 Å².